The van der Waals surface area contributed by atoms with Gasteiger partial charge in [-0.05, 0) is 42.0 Å². The van der Waals surface area contributed by atoms with Gasteiger partial charge in [0.1, 0.15) is 18.2 Å². The molecule has 29 heavy (non-hydrogen) atoms. The van der Waals surface area contributed by atoms with E-state index in [4.69, 9.17) is 10.5 Å². The Morgan fingerprint density at radius 2 is 1.79 bits per heavy atom. The molecule has 0 aliphatic rings. The molecule has 0 bridgehead atoms. The van der Waals surface area contributed by atoms with Gasteiger partial charge in [-0.3, -0.25) is 9.59 Å². The average molecular weight is 410 g/mol. The van der Waals surface area contributed by atoms with E-state index in [0.29, 0.717) is 21.9 Å². The van der Waals surface area contributed by atoms with Crippen molar-refractivity contribution in [2.45, 2.75) is 11.5 Å². The van der Waals surface area contributed by atoms with Gasteiger partial charge in [-0.15, -0.1) is 11.8 Å². The van der Waals surface area contributed by atoms with E-state index in [0.717, 1.165) is 5.56 Å². The number of hydrogen-bond acceptors (Lipinski definition) is 4. The van der Waals surface area contributed by atoms with Crippen LogP contribution in [-0.2, 0) is 11.4 Å². The zero-order valence-electron chi connectivity index (χ0n) is 15.4. The first-order valence-corrected chi connectivity index (χ1v) is 9.78. The molecule has 0 atom stereocenters. The summed E-state index contributed by atoms with van der Waals surface area (Å²) in [5.74, 6) is -0.579. The van der Waals surface area contributed by atoms with Crippen LogP contribution in [0.1, 0.15) is 15.9 Å². The van der Waals surface area contributed by atoms with Gasteiger partial charge in [0.05, 0.1) is 11.3 Å². The minimum absolute atomic E-state index is 0.0944. The molecule has 0 aliphatic carbocycles. The van der Waals surface area contributed by atoms with E-state index in [1.807, 2.05) is 6.07 Å². The first kappa shape index (κ1) is 20.4. The molecule has 5 nitrogen and oxygen atoms in total. The molecule has 0 unspecified atom stereocenters. The Labute approximate surface area is 172 Å². The van der Waals surface area contributed by atoms with Crippen LogP contribution in [0.4, 0.5) is 10.1 Å². The molecule has 0 aromatic heterocycles. The number of benzene rings is 3. The van der Waals surface area contributed by atoms with E-state index in [1.54, 1.807) is 54.6 Å². The third-order valence-electron chi connectivity index (χ3n) is 3.89. The van der Waals surface area contributed by atoms with Crippen molar-refractivity contribution in [3.63, 3.8) is 0 Å². The van der Waals surface area contributed by atoms with Crippen molar-refractivity contribution in [1.82, 2.24) is 0 Å². The molecule has 0 aliphatic heterocycles. The zero-order valence-corrected chi connectivity index (χ0v) is 16.2. The maximum Gasteiger partial charge on any atom is 0.256 e. The molecule has 3 rings (SSSR count). The standard InChI is InChI=1S/C22H19FN2O3S/c23-16-6-4-8-18(12-16)28-13-15-5-3-7-17(11-15)25-22(27)19-9-1-2-10-20(19)29-14-21(24)26/h1-12H,13-14H2,(H2,24,26)(H,25,27). The van der Waals surface area contributed by atoms with Gasteiger partial charge in [0.15, 0.2) is 0 Å². The molecule has 7 heteroatoms. The summed E-state index contributed by atoms with van der Waals surface area (Å²) in [6, 6.07) is 20.1. The summed E-state index contributed by atoms with van der Waals surface area (Å²) in [4.78, 5) is 24.4. The van der Waals surface area contributed by atoms with Crippen LogP contribution in [0, 0.1) is 5.82 Å². The highest BCUT2D eigenvalue weighted by Gasteiger charge is 2.12. The number of halogens is 1. The molecule has 0 saturated heterocycles. The smallest absolute Gasteiger partial charge is 0.256 e. The fourth-order valence-electron chi connectivity index (χ4n) is 2.59. The minimum Gasteiger partial charge on any atom is -0.489 e. The van der Waals surface area contributed by atoms with Crippen molar-refractivity contribution >= 4 is 29.3 Å². The van der Waals surface area contributed by atoms with Crippen molar-refractivity contribution in [1.29, 1.82) is 0 Å². The quantitative estimate of drug-likeness (QED) is 0.545. The molecular formula is C22H19FN2O3S. The summed E-state index contributed by atoms with van der Waals surface area (Å²) >= 11 is 1.22. The first-order valence-electron chi connectivity index (χ1n) is 8.80. The predicted molar refractivity (Wildman–Crippen MR) is 111 cm³/mol. The van der Waals surface area contributed by atoms with Crippen LogP contribution in [0.25, 0.3) is 0 Å². The summed E-state index contributed by atoms with van der Waals surface area (Å²) in [6.07, 6.45) is 0. The van der Waals surface area contributed by atoms with Gasteiger partial charge in [0, 0.05) is 16.6 Å². The minimum atomic E-state index is -0.448. The van der Waals surface area contributed by atoms with Crippen LogP contribution in [-0.4, -0.2) is 17.6 Å². The molecule has 0 radical (unpaired) electrons. The summed E-state index contributed by atoms with van der Waals surface area (Å²) in [5, 5.41) is 2.85. The van der Waals surface area contributed by atoms with E-state index >= 15 is 0 Å². The Morgan fingerprint density at radius 1 is 1.00 bits per heavy atom. The average Bonchev–Trinajstić information content (AvgIpc) is 2.71. The second-order valence-electron chi connectivity index (χ2n) is 6.15. The topological polar surface area (TPSA) is 81.4 Å². The second kappa shape index (κ2) is 9.75. The normalized spacial score (nSPS) is 10.4. The van der Waals surface area contributed by atoms with Gasteiger partial charge >= 0.3 is 0 Å². The fraction of sp³-hybridized carbons (Fsp3) is 0.0909. The maximum atomic E-state index is 13.2. The van der Waals surface area contributed by atoms with Crippen molar-refractivity contribution < 1.29 is 18.7 Å². The van der Waals surface area contributed by atoms with Gasteiger partial charge in [-0.2, -0.15) is 0 Å². The largest absolute Gasteiger partial charge is 0.489 e. The Bertz CT molecular complexity index is 1030. The lowest BCUT2D eigenvalue weighted by Gasteiger charge is -2.11. The summed E-state index contributed by atoms with van der Waals surface area (Å²) in [5.41, 5.74) is 7.08. The maximum absolute atomic E-state index is 13.2. The number of carbonyl (C=O) groups excluding carboxylic acids is 2. The molecule has 0 fully saturated rings. The zero-order chi connectivity index (χ0) is 20.6. The molecule has 0 spiro atoms. The number of amides is 2. The monoisotopic (exact) mass is 410 g/mol. The van der Waals surface area contributed by atoms with Gasteiger partial charge in [-0.1, -0.05) is 30.3 Å². The van der Waals surface area contributed by atoms with E-state index in [9.17, 15) is 14.0 Å². The highest BCUT2D eigenvalue weighted by Crippen LogP contribution is 2.24. The van der Waals surface area contributed by atoms with Crippen LogP contribution in [0.5, 0.6) is 5.75 Å². The number of nitrogens with two attached hydrogens (primary N) is 1. The summed E-state index contributed by atoms with van der Waals surface area (Å²) in [7, 11) is 0. The van der Waals surface area contributed by atoms with E-state index in [2.05, 4.69) is 5.32 Å². The van der Waals surface area contributed by atoms with Crippen molar-refractivity contribution in [2.24, 2.45) is 5.73 Å². The van der Waals surface area contributed by atoms with Gasteiger partial charge in [-0.25, -0.2) is 4.39 Å². The lowest BCUT2D eigenvalue weighted by atomic mass is 10.2. The SMILES string of the molecule is NC(=O)CSc1ccccc1C(=O)Nc1cccc(COc2cccc(F)c2)c1. The number of anilines is 1. The van der Waals surface area contributed by atoms with Crippen LogP contribution in [0.3, 0.4) is 0 Å². The van der Waals surface area contributed by atoms with Crippen molar-refractivity contribution in [3.8, 4) is 5.75 Å². The Morgan fingerprint density at radius 3 is 2.59 bits per heavy atom. The van der Waals surface area contributed by atoms with Crippen LogP contribution < -0.4 is 15.8 Å². The predicted octanol–water partition coefficient (Wildman–Crippen LogP) is 4.23. The number of hydrogen-bond donors (Lipinski definition) is 2. The Balaban J connectivity index is 1.67. The van der Waals surface area contributed by atoms with Crippen LogP contribution >= 0.6 is 11.8 Å². The van der Waals surface area contributed by atoms with E-state index in [-0.39, 0.29) is 24.1 Å². The van der Waals surface area contributed by atoms with Crippen molar-refractivity contribution in [2.75, 3.05) is 11.1 Å². The third-order valence-corrected chi connectivity index (χ3v) is 4.98. The lowest BCUT2D eigenvalue weighted by molar-refractivity contribution is -0.115. The Kier molecular flexibility index (Phi) is 6.86. The van der Waals surface area contributed by atoms with Gasteiger partial charge in [0.25, 0.3) is 5.91 Å². The number of ether oxygens (including phenoxy) is 1. The molecule has 148 valence electrons. The number of rotatable bonds is 8. The summed E-state index contributed by atoms with van der Waals surface area (Å²) in [6.45, 7) is 0.234. The first-order chi connectivity index (χ1) is 14.0. The number of thioether (sulfide) groups is 1. The molecule has 3 aromatic carbocycles. The molecule has 0 saturated carbocycles. The van der Waals surface area contributed by atoms with E-state index < -0.39 is 5.91 Å². The highest BCUT2D eigenvalue weighted by molar-refractivity contribution is 8.00. The lowest BCUT2D eigenvalue weighted by Crippen LogP contribution is -2.15. The molecule has 2 amide bonds. The number of nitrogens with one attached hydrogen (secondary N) is 1. The van der Waals surface area contributed by atoms with E-state index in [1.165, 1.54) is 23.9 Å². The molecule has 3 N–H and O–H groups in total. The Hall–Kier alpha value is -3.32. The van der Waals surface area contributed by atoms with Crippen LogP contribution in [0.2, 0.25) is 0 Å². The molecular weight excluding hydrogens is 391 g/mol. The fourth-order valence-corrected chi connectivity index (χ4v) is 3.38. The van der Waals surface area contributed by atoms with Gasteiger partial charge < -0.3 is 15.8 Å². The van der Waals surface area contributed by atoms with Crippen LogP contribution in [0.15, 0.2) is 77.7 Å². The third kappa shape index (κ3) is 6.08. The van der Waals surface area contributed by atoms with Crippen molar-refractivity contribution in [3.05, 3.63) is 89.7 Å². The molecule has 3 aromatic rings. The number of primary amides is 1. The number of carbonyl (C=O) groups is 2. The summed E-state index contributed by atoms with van der Waals surface area (Å²) < 4.78 is 18.8. The highest BCUT2D eigenvalue weighted by atomic mass is 32.2. The molecule has 0 heterocycles. The second-order valence-corrected chi connectivity index (χ2v) is 7.17. The van der Waals surface area contributed by atoms with Gasteiger partial charge in [0.2, 0.25) is 5.91 Å².